The Kier molecular flexibility index (Phi) is 6.11. The number of imide groups is 1. The predicted octanol–water partition coefficient (Wildman–Crippen LogP) is 1.79. The SMILES string of the molecule is CCN(CC)C(=O)CN1CCC(N2CC(=O)N(c3ccccc3)C2=O)CC1. The van der Waals surface area contributed by atoms with Crippen LogP contribution in [0.4, 0.5) is 10.5 Å². The van der Waals surface area contributed by atoms with Crippen molar-refractivity contribution in [3.63, 3.8) is 0 Å². The summed E-state index contributed by atoms with van der Waals surface area (Å²) in [6, 6.07) is 8.88. The molecule has 0 saturated carbocycles. The van der Waals surface area contributed by atoms with Crippen molar-refractivity contribution in [3.05, 3.63) is 30.3 Å². The number of urea groups is 1. The molecule has 2 fully saturated rings. The summed E-state index contributed by atoms with van der Waals surface area (Å²) in [5.74, 6) is -0.0218. The van der Waals surface area contributed by atoms with Crippen molar-refractivity contribution in [3.8, 4) is 0 Å². The number of anilines is 1. The number of hydrogen-bond donors (Lipinski definition) is 0. The molecule has 1 aromatic rings. The van der Waals surface area contributed by atoms with Gasteiger partial charge in [-0.25, -0.2) is 9.69 Å². The van der Waals surface area contributed by atoms with Crippen LogP contribution in [0, 0.1) is 0 Å². The average molecular weight is 372 g/mol. The number of nitrogens with zero attached hydrogens (tertiary/aromatic N) is 4. The average Bonchev–Trinajstić information content (AvgIpc) is 2.98. The van der Waals surface area contributed by atoms with E-state index in [0.717, 1.165) is 39.0 Å². The summed E-state index contributed by atoms with van der Waals surface area (Å²) in [6.07, 6.45) is 1.57. The molecule has 146 valence electrons. The van der Waals surface area contributed by atoms with Gasteiger partial charge in [0.25, 0.3) is 5.91 Å². The van der Waals surface area contributed by atoms with E-state index >= 15 is 0 Å². The molecule has 7 nitrogen and oxygen atoms in total. The Bertz CT molecular complexity index is 682. The normalized spacial score (nSPS) is 19.0. The van der Waals surface area contributed by atoms with Gasteiger partial charge in [-0.3, -0.25) is 14.5 Å². The predicted molar refractivity (Wildman–Crippen MR) is 103 cm³/mol. The van der Waals surface area contributed by atoms with Crippen molar-refractivity contribution in [2.24, 2.45) is 0 Å². The van der Waals surface area contributed by atoms with Gasteiger partial charge in [0, 0.05) is 32.2 Å². The zero-order valence-electron chi connectivity index (χ0n) is 16.1. The van der Waals surface area contributed by atoms with Crippen LogP contribution in [-0.4, -0.2) is 77.9 Å². The lowest BCUT2D eigenvalue weighted by Gasteiger charge is -2.36. The zero-order chi connectivity index (χ0) is 19.4. The molecule has 3 rings (SSSR count). The molecule has 7 heteroatoms. The second-order valence-electron chi connectivity index (χ2n) is 7.05. The third kappa shape index (κ3) is 4.13. The van der Waals surface area contributed by atoms with Crippen molar-refractivity contribution in [1.29, 1.82) is 0 Å². The molecular weight excluding hydrogens is 344 g/mol. The van der Waals surface area contributed by atoms with E-state index in [1.807, 2.05) is 36.9 Å². The maximum atomic E-state index is 12.8. The van der Waals surface area contributed by atoms with E-state index in [1.165, 1.54) is 4.90 Å². The first-order chi connectivity index (χ1) is 13.0. The van der Waals surface area contributed by atoms with Gasteiger partial charge in [0.2, 0.25) is 5.91 Å². The van der Waals surface area contributed by atoms with Crippen molar-refractivity contribution in [2.45, 2.75) is 32.7 Å². The summed E-state index contributed by atoms with van der Waals surface area (Å²) in [4.78, 5) is 44.4. The Morgan fingerprint density at radius 1 is 1.07 bits per heavy atom. The van der Waals surface area contributed by atoms with Crippen LogP contribution in [0.25, 0.3) is 0 Å². The molecule has 0 aliphatic carbocycles. The number of carbonyl (C=O) groups is 3. The van der Waals surface area contributed by atoms with Gasteiger partial charge in [-0.1, -0.05) is 18.2 Å². The van der Waals surface area contributed by atoms with Crippen LogP contribution in [0.1, 0.15) is 26.7 Å². The molecule has 0 spiro atoms. The van der Waals surface area contributed by atoms with Gasteiger partial charge in [-0.2, -0.15) is 0 Å². The van der Waals surface area contributed by atoms with Gasteiger partial charge in [0.05, 0.1) is 12.2 Å². The van der Waals surface area contributed by atoms with E-state index in [-0.39, 0.29) is 30.4 Å². The quantitative estimate of drug-likeness (QED) is 0.714. The van der Waals surface area contributed by atoms with E-state index < -0.39 is 0 Å². The summed E-state index contributed by atoms with van der Waals surface area (Å²) in [7, 11) is 0. The van der Waals surface area contributed by atoms with E-state index in [9.17, 15) is 14.4 Å². The standard InChI is InChI=1S/C20H28N4O3/c1-3-22(4-2)18(25)14-21-12-10-16(11-13-21)23-15-19(26)24(20(23)27)17-8-6-5-7-9-17/h5-9,16H,3-4,10-15H2,1-2H3. The number of likely N-dealkylation sites (tertiary alicyclic amines) is 1. The molecule has 0 N–H and O–H groups in total. The Labute approximate surface area is 160 Å². The number of hydrogen-bond acceptors (Lipinski definition) is 4. The van der Waals surface area contributed by atoms with Crippen molar-refractivity contribution in [2.75, 3.05) is 44.2 Å². The van der Waals surface area contributed by atoms with Crippen molar-refractivity contribution < 1.29 is 14.4 Å². The molecule has 0 aromatic heterocycles. The molecule has 0 unspecified atom stereocenters. The number of piperidine rings is 1. The van der Waals surface area contributed by atoms with Crippen LogP contribution in [0.2, 0.25) is 0 Å². The highest BCUT2D eigenvalue weighted by Crippen LogP contribution is 2.26. The Morgan fingerprint density at radius 2 is 1.70 bits per heavy atom. The maximum Gasteiger partial charge on any atom is 0.332 e. The highest BCUT2D eigenvalue weighted by molar-refractivity contribution is 6.19. The monoisotopic (exact) mass is 372 g/mol. The smallest absolute Gasteiger partial charge is 0.332 e. The molecule has 2 aliphatic heterocycles. The largest absolute Gasteiger partial charge is 0.342 e. The lowest BCUT2D eigenvalue weighted by atomic mass is 10.0. The van der Waals surface area contributed by atoms with E-state index in [1.54, 1.807) is 17.0 Å². The van der Waals surface area contributed by atoms with Gasteiger partial charge < -0.3 is 9.80 Å². The van der Waals surface area contributed by atoms with Crippen LogP contribution >= 0.6 is 0 Å². The van der Waals surface area contributed by atoms with Crippen LogP contribution in [-0.2, 0) is 9.59 Å². The number of likely N-dealkylation sites (N-methyl/N-ethyl adjacent to an activating group) is 1. The fourth-order valence-corrected chi connectivity index (χ4v) is 3.89. The van der Waals surface area contributed by atoms with Gasteiger partial charge >= 0.3 is 6.03 Å². The fourth-order valence-electron chi connectivity index (χ4n) is 3.89. The molecule has 0 radical (unpaired) electrons. The summed E-state index contributed by atoms with van der Waals surface area (Å²) >= 11 is 0. The third-order valence-electron chi connectivity index (χ3n) is 5.48. The highest BCUT2D eigenvalue weighted by atomic mass is 16.2. The molecule has 2 heterocycles. The molecular formula is C20H28N4O3. The molecule has 27 heavy (non-hydrogen) atoms. The number of carbonyl (C=O) groups excluding carboxylic acids is 3. The zero-order valence-corrected chi connectivity index (χ0v) is 16.1. The summed E-state index contributed by atoms with van der Waals surface area (Å²) in [6.45, 7) is 7.53. The second-order valence-corrected chi connectivity index (χ2v) is 7.05. The van der Waals surface area contributed by atoms with Gasteiger partial charge in [0.15, 0.2) is 0 Å². The number of para-hydroxylation sites is 1. The van der Waals surface area contributed by atoms with Crippen molar-refractivity contribution >= 4 is 23.5 Å². The molecule has 0 bridgehead atoms. The first kappa shape index (κ1) is 19.4. The number of rotatable bonds is 6. The number of amides is 4. The lowest BCUT2D eigenvalue weighted by Crippen LogP contribution is -2.49. The number of benzene rings is 1. The van der Waals surface area contributed by atoms with Gasteiger partial charge in [-0.15, -0.1) is 0 Å². The van der Waals surface area contributed by atoms with Crippen LogP contribution in [0.3, 0.4) is 0 Å². The Hall–Kier alpha value is -2.41. The second kappa shape index (κ2) is 8.52. The van der Waals surface area contributed by atoms with E-state index in [2.05, 4.69) is 4.90 Å². The fraction of sp³-hybridized carbons (Fsp3) is 0.550. The first-order valence-electron chi connectivity index (χ1n) is 9.73. The molecule has 2 aliphatic rings. The summed E-state index contributed by atoms with van der Waals surface area (Å²) in [5, 5.41) is 0. The minimum atomic E-state index is -0.233. The van der Waals surface area contributed by atoms with E-state index in [4.69, 9.17) is 0 Å². The Morgan fingerprint density at radius 3 is 2.30 bits per heavy atom. The first-order valence-corrected chi connectivity index (χ1v) is 9.73. The minimum Gasteiger partial charge on any atom is -0.342 e. The van der Waals surface area contributed by atoms with Crippen LogP contribution in [0.15, 0.2) is 30.3 Å². The molecule has 1 aromatic carbocycles. The van der Waals surface area contributed by atoms with Crippen molar-refractivity contribution in [1.82, 2.24) is 14.7 Å². The Balaban J connectivity index is 1.56. The van der Waals surface area contributed by atoms with Crippen LogP contribution < -0.4 is 4.90 Å². The van der Waals surface area contributed by atoms with Crippen LogP contribution in [0.5, 0.6) is 0 Å². The molecule has 0 atom stereocenters. The third-order valence-corrected chi connectivity index (χ3v) is 5.48. The highest BCUT2D eigenvalue weighted by Gasteiger charge is 2.41. The molecule has 4 amide bonds. The van der Waals surface area contributed by atoms with Gasteiger partial charge in [-0.05, 0) is 38.8 Å². The topological polar surface area (TPSA) is 64.2 Å². The molecule has 2 saturated heterocycles. The van der Waals surface area contributed by atoms with Gasteiger partial charge in [0.1, 0.15) is 6.54 Å². The van der Waals surface area contributed by atoms with E-state index in [0.29, 0.717) is 12.2 Å². The summed E-state index contributed by atoms with van der Waals surface area (Å²) < 4.78 is 0. The maximum absolute atomic E-state index is 12.8. The summed E-state index contributed by atoms with van der Waals surface area (Å²) in [5.41, 5.74) is 0.622. The minimum absolute atomic E-state index is 0.0509. The lowest BCUT2D eigenvalue weighted by molar-refractivity contribution is -0.132.